The van der Waals surface area contributed by atoms with Crippen molar-refractivity contribution < 1.29 is 33.3 Å². The third kappa shape index (κ3) is 4.01. The van der Waals surface area contributed by atoms with Gasteiger partial charge in [0.25, 0.3) is 0 Å². The molecular formula is C26H22O7. The van der Waals surface area contributed by atoms with Crippen molar-refractivity contribution in [2.24, 2.45) is 0 Å². The van der Waals surface area contributed by atoms with E-state index in [0.717, 1.165) is 0 Å². The Bertz CT molecular complexity index is 1270. The van der Waals surface area contributed by atoms with Crippen LogP contribution in [-0.2, 0) is 0 Å². The van der Waals surface area contributed by atoms with E-state index in [4.69, 9.17) is 23.7 Å². The highest BCUT2D eigenvalue weighted by Crippen LogP contribution is 2.41. The predicted octanol–water partition coefficient (Wildman–Crippen LogP) is 4.86. The number of benzene rings is 3. The van der Waals surface area contributed by atoms with Crippen molar-refractivity contribution in [1.29, 1.82) is 0 Å². The smallest absolute Gasteiger partial charge is 0.347 e. The molecule has 3 aromatic carbocycles. The zero-order valence-electron chi connectivity index (χ0n) is 18.6. The van der Waals surface area contributed by atoms with Crippen LogP contribution in [0.25, 0.3) is 6.08 Å². The second kappa shape index (κ2) is 9.08. The lowest BCUT2D eigenvalue weighted by atomic mass is 10.1. The van der Waals surface area contributed by atoms with Crippen LogP contribution in [-0.4, -0.2) is 33.1 Å². The molecule has 0 aliphatic carbocycles. The molecule has 0 aromatic heterocycles. The number of esters is 1. The van der Waals surface area contributed by atoms with E-state index in [1.165, 1.54) is 14.2 Å². The number of Topliss-reactive ketones (excluding diaryl/α,β-unsaturated/α-hetero) is 1. The Morgan fingerprint density at radius 3 is 2.30 bits per heavy atom. The van der Waals surface area contributed by atoms with Gasteiger partial charge in [0.05, 0.1) is 26.9 Å². The first kappa shape index (κ1) is 22.0. The minimum atomic E-state index is -0.572. The monoisotopic (exact) mass is 446 g/mol. The molecule has 0 radical (unpaired) electrons. The number of allylic oxidation sites excluding steroid dienone is 1. The summed E-state index contributed by atoms with van der Waals surface area (Å²) in [5, 5.41) is 0. The molecular weight excluding hydrogens is 424 g/mol. The number of fused-ring (bicyclic) bond motifs is 1. The largest absolute Gasteiger partial charge is 0.496 e. The van der Waals surface area contributed by atoms with Crippen LogP contribution in [0.4, 0.5) is 0 Å². The first-order valence-corrected chi connectivity index (χ1v) is 10.1. The minimum Gasteiger partial charge on any atom is -0.496 e. The van der Waals surface area contributed by atoms with Gasteiger partial charge in [0.1, 0.15) is 22.8 Å². The number of hydrogen-bond acceptors (Lipinski definition) is 7. The number of carbonyl (C=O) groups excluding carboxylic acids is 2. The average Bonchev–Trinajstić information content (AvgIpc) is 3.16. The molecule has 4 rings (SSSR count). The quantitative estimate of drug-likeness (QED) is 0.304. The number of ether oxygens (including phenoxy) is 5. The lowest BCUT2D eigenvalue weighted by molar-refractivity contribution is 0.0729. The van der Waals surface area contributed by atoms with Crippen molar-refractivity contribution >= 4 is 17.8 Å². The summed E-state index contributed by atoms with van der Waals surface area (Å²) >= 11 is 0. The normalized spacial score (nSPS) is 13.3. The molecule has 7 heteroatoms. The maximum atomic E-state index is 13.0. The molecule has 0 saturated heterocycles. The van der Waals surface area contributed by atoms with Crippen LogP contribution >= 0.6 is 0 Å². The summed E-state index contributed by atoms with van der Waals surface area (Å²) in [5.41, 5.74) is 1.85. The lowest BCUT2D eigenvalue weighted by Crippen LogP contribution is -2.11. The Morgan fingerprint density at radius 2 is 1.58 bits per heavy atom. The number of ketones is 1. The van der Waals surface area contributed by atoms with E-state index in [1.807, 2.05) is 0 Å². The molecule has 33 heavy (non-hydrogen) atoms. The summed E-state index contributed by atoms with van der Waals surface area (Å²) in [6.45, 7) is 1.73. The molecule has 1 heterocycles. The highest BCUT2D eigenvalue weighted by atomic mass is 16.5. The zero-order valence-corrected chi connectivity index (χ0v) is 18.6. The first-order valence-electron chi connectivity index (χ1n) is 10.1. The SMILES string of the molecule is COc1ccccc1C(=O)Oc1ccc2c(c1C)O/C(=C\c1cccc(OC)c1OC)C2=O. The average molecular weight is 446 g/mol. The Hall–Kier alpha value is -4.26. The Labute approximate surface area is 191 Å². The van der Waals surface area contributed by atoms with Crippen molar-refractivity contribution in [2.75, 3.05) is 21.3 Å². The molecule has 1 aliphatic rings. The standard InChI is InChI=1S/C26H22O7/c1-15-19(33-26(28)17-9-5-6-10-20(17)29-2)13-12-18-23(27)22(32-24(15)18)14-16-8-7-11-21(30-3)25(16)31-4/h5-14H,1-4H3/b22-14-. The van der Waals surface area contributed by atoms with Gasteiger partial charge in [-0.2, -0.15) is 0 Å². The highest BCUT2D eigenvalue weighted by molar-refractivity contribution is 6.15. The van der Waals surface area contributed by atoms with Crippen LogP contribution in [0.5, 0.6) is 28.7 Å². The van der Waals surface area contributed by atoms with Crippen molar-refractivity contribution in [3.05, 3.63) is 82.6 Å². The molecule has 7 nitrogen and oxygen atoms in total. The molecule has 0 N–H and O–H groups in total. The van der Waals surface area contributed by atoms with E-state index >= 15 is 0 Å². The fourth-order valence-corrected chi connectivity index (χ4v) is 3.61. The maximum absolute atomic E-state index is 13.0. The maximum Gasteiger partial charge on any atom is 0.347 e. The van der Waals surface area contributed by atoms with Gasteiger partial charge in [-0.15, -0.1) is 0 Å². The summed E-state index contributed by atoms with van der Waals surface area (Å²) in [6, 6.07) is 15.3. The van der Waals surface area contributed by atoms with Crippen LogP contribution < -0.4 is 23.7 Å². The van der Waals surface area contributed by atoms with Crippen LogP contribution in [0.1, 0.15) is 31.8 Å². The lowest BCUT2D eigenvalue weighted by Gasteiger charge is -2.12. The number of rotatable bonds is 6. The van der Waals surface area contributed by atoms with Crippen LogP contribution in [0.2, 0.25) is 0 Å². The second-order valence-corrected chi connectivity index (χ2v) is 7.18. The van der Waals surface area contributed by atoms with Crippen molar-refractivity contribution in [3.8, 4) is 28.7 Å². The van der Waals surface area contributed by atoms with E-state index < -0.39 is 5.97 Å². The van der Waals surface area contributed by atoms with Crippen LogP contribution in [0.15, 0.2) is 60.4 Å². The molecule has 0 fully saturated rings. The van der Waals surface area contributed by atoms with Gasteiger partial charge in [-0.25, -0.2) is 4.79 Å². The zero-order chi connectivity index (χ0) is 23.5. The summed E-state index contributed by atoms with van der Waals surface area (Å²) in [4.78, 5) is 25.7. The molecule has 0 amide bonds. The molecule has 0 unspecified atom stereocenters. The van der Waals surface area contributed by atoms with E-state index in [0.29, 0.717) is 45.3 Å². The molecule has 0 atom stereocenters. The molecule has 0 saturated carbocycles. The Kier molecular flexibility index (Phi) is 6.04. The van der Waals surface area contributed by atoms with Gasteiger partial charge in [-0.05, 0) is 43.3 Å². The topological polar surface area (TPSA) is 80.3 Å². The van der Waals surface area contributed by atoms with E-state index in [9.17, 15) is 9.59 Å². The number of methoxy groups -OCH3 is 3. The summed E-state index contributed by atoms with van der Waals surface area (Å²) < 4.78 is 27.5. The Balaban J connectivity index is 1.65. The van der Waals surface area contributed by atoms with Crippen LogP contribution in [0, 0.1) is 6.92 Å². The number of hydrogen-bond donors (Lipinski definition) is 0. The summed E-state index contributed by atoms with van der Waals surface area (Å²) in [5.74, 6) is 1.35. The van der Waals surface area contributed by atoms with Gasteiger partial charge < -0.3 is 23.7 Å². The molecule has 0 spiro atoms. The molecule has 0 bridgehead atoms. The van der Waals surface area contributed by atoms with Gasteiger partial charge in [0.15, 0.2) is 17.3 Å². The predicted molar refractivity (Wildman–Crippen MR) is 122 cm³/mol. The fourth-order valence-electron chi connectivity index (χ4n) is 3.61. The summed E-state index contributed by atoms with van der Waals surface area (Å²) in [7, 11) is 4.55. The molecule has 168 valence electrons. The van der Waals surface area contributed by atoms with E-state index in [1.54, 1.807) is 74.7 Å². The first-order chi connectivity index (χ1) is 16.0. The third-order valence-corrected chi connectivity index (χ3v) is 5.29. The summed E-state index contributed by atoms with van der Waals surface area (Å²) in [6.07, 6.45) is 1.60. The number of carbonyl (C=O) groups is 2. The van der Waals surface area contributed by atoms with Gasteiger partial charge in [0, 0.05) is 11.1 Å². The van der Waals surface area contributed by atoms with Gasteiger partial charge in [-0.3, -0.25) is 4.79 Å². The second-order valence-electron chi connectivity index (χ2n) is 7.18. The molecule has 1 aliphatic heterocycles. The van der Waals surface area contributed by atoms with E-state index in [-0.39, 0.29) is 17.3 Å². The van der Waals surface area contributed by atoms with Gasteiger partial charge >= 0.3 is 5.97 Å². The van der Waals surface area contributed by atoms with Gasteiger partial charge in [0.2, 0.25) is 5.78 Å². The fraction of sp³-hybridized carbons (Fsp3) is 0.154. The van der Waals surface area contributed by atoms with Crippen molar-refractivity contribution in [3.63, 3.8) is 0 Å². The van der Waals surface area contributed by atoms with Crippen LogP contribution in [0.3, 0.4) is 0 Å². The highest BCUT2D eigenvalue weighted by Gasteiger charge is 2.31. The molecule has 3 aromatic rings. The van der Waals surface area contributed by atoms with E-state index in [2.05, 4.69) is 0 Å². The van der Waals surface area contributed by atoms with Crippen molar-refractivity contribution in [1.82, 2.24) is 0 Å². The third-order valence-electron chi connectivity index (χ3n) is 5.29. The minimum absolute atomic E-state index is 0.132. The van der Waals surface area contributed by atoms with Gasteiger partial charge in [-0.1, -0.05) is 24.3 Å². The van der Waals surface area contributed by atoms with Crippen molar-refractivity contribution in [2.45, 2.75) is 6.92 Å². The number of para-hydroxylation sites is 2. The Morgan fingerprint density at radius 1 is 0.848 bits per heavy atom.